The Morgan fingerprint density at radius 1 is 1.09 bits per heavy atom. The van der Waals surface area contributed by atoms with Crippen LogP contribution >= 0.6 is 15.9 Å². The van der Waals surface area contributed by atoms with Crippen LogP contribution in [0, 0.1) is 5.92 Å². The van der Waals surface area contributed by atoms with E-state index in [4.69, 9.17) is 9.72 Å². The van der Waals surface area contributed by atoms with E-state index in [1.165, 1.54) is 34.3 Å². The average molecular weight is 659 g/mol. The minimum Gasteiger partial charge on any atom is -0.465 e. The maximum atomic E-state index is 12.3. The van der Waals surface area contributed by atoms with E-state index in [-0.39, 0.29) is 24.5 Å². The quantitative estimate of drug-likeness (QED) is 0.176. The number of nitrogens with one attached hydrogen (secondary N) is 2. The van der Waals surface area contributed by atoms with E-state index in [0.29, 0.717) is 25.3 Å². The Hall–Kier alpha value is -4.31. The Morgan fingerprint density at radius 3 is 2.59 bits per heavy atom. The molecule has 4 aromatic rings. The summed E-state index contributed by atoms with van der Waals surface area (Å²) in [6.07, 6.45) is 1.79. The summed E-state index contributed by atoms with van der Waals surface area (Å²) in [5.74, 6) is 0.867. The van der Waals surface area contributed by atoms with Gasteiger partial charge >= 0.3 is 12.2 Å². The topological polar surface area (TPSA) is 111 Å². The molecule has 9 nitrogen and oxygen atoms in total. The number of rotatable bonds is 7. The van der Waals surface area contributed by atoms with Gasteiger partial charge in [0.05, 0.1) is 25.5 Å². The van der Waals surface area contributed by atoms with Crippen LogP contribution in [0.1, 0.15) is 42.4 Å². The number of nitrogens with zero attached hydrogens (tertiary/aromatic N) is 3. The molecule has 0 saturated carbocycles. The van der Waals surface area contributed by atoms with E-state index in [0.717, 1.165) is 33.4 Å². The molecular formula is C34H36BrN5O4. The summed E-state index contributed by atoms with van der Waals surface area (Å²) in [4.78, 5) is 36.6. The molecule has 1 fully saturated rings. The van der Waals surface area contributed by atoms with Gasteiger partial charge in [-0.1, -0.05) is 78.3 Å². The monoisotopic (exact) mass is 657 g/mol. The third kappa shape index (κ3) is 5.78. The summed E-state index contributed by atoms with van der Waals surface area (Å²) >= 11 is 3.50. The number of hydrogen-bond donors (Lipinski definition) is 3. The van der Waals surface area contributed by atoms with E-state index >= 15 is 0 Å². The van der Waals surface area contributed by atoms with Crippen molar-refractivity contribution in [2.45, 2.75) is 38.8 Å². The molecular weight excluding hydrogens is 622 g/mol. The van der Waals surface area contributed by atoms with E-state index in [1.54, 1.807) is 0 Å². The molecule has 6 rings (SSSR count). The summed E-state index contributed by atoms with van der Waals surface area (Å²) < 4.78 is 5.94. The third-order valence-corrected chi connectivity index (χ3v) is 9.31. The number of carbonyl (C=O) groups excluding carboxylic acids is 1. The predicted molar refractivity (Wildman–Crippen MR) is 174 cm³/mol. The SMILES string of the molecule is COC(=O)NC(Cc1ccc2c(c1N1CCN(C(=O)O)CC1c1ncc(-c3ccc(Br)cc3)[nH]1)Cc1ccccc1-2)C(C)C. The van der Waals surface area contributed by atoms with Gasteiger partial charge in [-0.05, 0) is 57.9 Å². The first kappa shape index (κ1) is 29.7. The zero-order chi connectivity index (χ0) is 31.0. The number of aromatic amines is 1. The van der Waals surface area contributed by atoms with Crippen LogP contribution in [0.2, 0.25) is 0 Å². The minimum absolute atomic E-state index is 0.158. The Kier molecular flexibility index (Phi) is 8.35. The van der Waals surface area contributed by atoms with Gasteiger partial charge in [0.25, 0.3) is 0 Å². The van der Waals surface area contributed by atoms with Crippen molar-refractivity contribution >= 4 is 33.8 Å². The number of alkyl carbamates (subject to hydrolysis) is 1. The normalized spacial score (nSPS) is 16.4. The highest BCUT2D eigenvalue weighted by atomic mass is 79.9. The van der Waals surface area contributed by atoms with Gasteiger partial charge in [-0.25, -0.2) is 14.6 Å². The second kappa shape index (κ2) is 12.4. The number of fused-ring (bicyclic) bond motifs is 3. The van der Waals surface area contributed by atoms with Crippen molar-refractivity contribution in [2.75, 3.05) is 31.6 Å². The Balaban J connectivity index is 1.46. The molecule has 0 bridgehead atoms. The summed E-state index contributed by atoms with van der Waals surface area (Å²) in [5, 5.41) is 13.0. The highest BCUT2D eigenvalue weighted by molar-refractivity contribution is 9.10. The van der Waals surface area contributed by atoms with Crippen LogP contribution in [0.25, 0.3) is 22.4 Å². The van der Waals surface area contributed by atoms with E-state index < -0.39 is 12.2 Å². The van der Waals surface area contributed by atoms with Crippen molar-refractivity contribution < 1.29 is 19.4 Å². The lowest BCUT2D eigenvalue weighted by Gasteiger charge is -2.43. The number of carbonyl (C=O) groups is 2. The van der Waals surface area contributed by atoms with Crippen LogP contribution in [-0.4, -0.2) is 64.9 Å². The van der Waals surface area contributed by atoms with Crippen molar-refractivity contribution in [2.24, 2.45) is 5.92 Å². The molecule has 10 heteroatoms. The third-order valence-electron chi connectivity index (χ3n) is 8.78. The van der Waals surface area contributed by atoms with Crippen LogP contribution in [0.3, 0.4) is 0 Å². The standard InChI is InChI=1S/C34H36BrN5O4/c1-20(2)28(38-33(41)44-3)17-23-10-13-26-25-7-5-4-6-22(25)16-27(26)31(23)40-15-14-39(34(42)43)19-30(40)32-36-18-29(37-32)21-8-11-24(35)12-9-21/h4-13,18,20,28,30H,14-17,19H2,1-3H3,(H,36,37)(H,38,41)(H,42,43). The fourth-order valence-electron chi connectivity index (χ4n) is 6.41. The molecule has 44 heavy (non-hydrogen) atoms. The summed E-state index contributed by atoms with van der Waals surface area (Å²) in [6, 6.07) is 20.3. The molecule has 0 spiro atoms. The number of piperazine rings is 1. The van der Waals surface area contributed by atoms with E-state index in [9.17, 15) is 14.7 Å². The van der Waals surface area contributed by atoms with Crippen molar-refractivity contribution in [3.8, 4) is 22.4 Å². The Bertz CT molecular complexity index is 1690. The maximum Gasteiger partial charge on any atom is 0.407 e. The zero-order valence-corrected chi connectivity index (χ0v) is 26.6. The van der Waals surface area contributed by atoms with Gasteiger partial charge in [0.1, 0.15) is 11.9 Å². The number of ether oxygens (including phenoxy) is 1. The van der Waals surface area contributed by atoms with Gasteiger partial charge < -0.3 is 29.9 Å². The smallest absolute Gasteiger partial charge is 0.407 e. The lowest BCUT2D eigenvalue weighted by Crippen LogP contribution is -2.51. The fraction of sp³-hybridized carbons (Fsp3) is 0.324. The molecule has 2 atom stereocenters. The molecule has 1 aromatic heterocycles. The van der Waals surface area contributed by atoms with Gasteiger partial charge in [-0.2, -0.15) is 0 Å². The Morgan fingerprint density at radius 2 is 1.86 bits per heavy atom. The maximum absolute atomic E-state index is 12.3. The predicted octanol–water partition coefficient (Wildman–Crippen LogP) is 6.87. The Labute approximate surface area is 265 Å². The van der Waals surface area contributed by atoms with Crippen LogP contribution in [-0.2, 0) is 17.6 Å². The minimum atomic E-state index is -0.942. The summed E-state index contributed by atoms with van der Waals surface area (Å²) in [7, 11) is 1.38. The van der Waals surface area contributed by atoms with Crippen molar-refractivity contribution in [1.82, 2.24) is 20.2 Å². The number of carboxylic acid groups (broad SMARTS) is 1. The van der Waals surface area contributed by atoms with Gasteiger partial charge in [-0.3, -0.25) is 0 Å². The average Bonchev–Trinajstić information content (AvgIpc) is 3.66. The molecule has 1 aliphatic carbocycles. The van der Waals surface area contributed by atoms with Crippen LogP contribution < -0.4 is 10.2 Å². The van der Waals surface area contributed by atoms with E-state index in [1.807, 2.05) is 30.5 Å². The van der Waals surface area contributed by atoms with Gasteiger partial charge in [-0.15, -0.1) is 0 Å². The molecule has 3 N–H and O–H groups in total. The van der Waals surface area contributed by atoms with Crippen LogP contribution in [0.15, 0.2) is 71.3 Å². The molecule has 0 radical (unpaired) electrons. The second-order valence-electron chi connectivity index (χ2n) is 11.8. The second-order valence-corrected chi connectivity index (χ2v) is 12.7. The van der Waals surface area contributed by atoms with E-state index in [2.05, 4.69) is 81.4 Å². The number of hydrogen-bond acceptors (Lipinski definition) is 5. The fourth-order valence-corrected chi connectivity index (χ4v) is 6.67. The van der Waals surface area contributed by atoms with Gasteiger partial charge in [0.2, 0.25) is 0 Å². The summed E-state index contributed by atoms with van der Waals surface area (Å²) in [6.45, 7) is 5.32. The number of aromatic nitrogens is 2. The first-order valence-electron chi connectivity index (χ1n) is 14.9. The van der Waals surface area contributed by atoms with Crippen molar-refractivity contribution in [3.63, 3.8) is 0 Å². The lowest BCUT2D eigenvalue weighted by molar-refractivity contribution is 0.134. The number of halogens is 1. The molecule has 2 heterocycles. The highest BCUT2D eigenvalue weighted by Crippen LogP contribution is 2.46. The van der Waals surface area contributed by atoms with Crippen molar-refractivity contribution in [3.05, 3.63) is 93.8 Å². The molecule has 1 aliphatic heterocycles. The highest BCUT2D eigenvalue weighted by Gasteiger charge is 2.37. The number of H-pyrrole nitrogens is 1. The molecule has 1 saturated heterocycles. The molecule has 228 valence electrons. The van der Waals surface area contributed by atoms with Crippen LogP contribution in [0.4, 0.5) is 15.3 Å². The number of imidazole rings is 1. The van der Waals surface area contributed by atoms with Crippen LogP contribution in [0.5, 0.6) is 0 Å². The molecule has 3 aromatic carbocycles. The number of methoxy groups -OCH3 is 1. The first-order chi connectivity index (χ1) is 21.2. The number of amides is 2. The van der Waals surface area contributed by atoms with Gasteiger partial charge in [0.15, 0.2) is 0 Å². The summed E-state index contributed by atoms with van der Waals surface area (Å²) in [5.41, 5.74) is 8.95. The number of benzene rings is 3. The largest absolute Gasteiger partial charge is 0.465 e. The molecule has 2 aliphatic rings. The first-order valence-corrected chi connectivity index (χ1v) is 15.7. The van der Waals surface area contributed by atoms with Gasteiger partial charge in [0, 0.05) is 35.7 Å². The van der Waals surface area contributed by atoms with Crippen molar-refractivity contribution in [1.29, 1.82) is 0 Å². The molecule has 2 unspecified atom stereocenters. The molecule has 2 amide bonds. The zero-order valence-electron chi connectivity index (χ0n) is 25.0. The number of anilines is 1. The lowest BCUT2D eigenvalue weighted by atomic mass is 9.91.